The molecule has 1 amide bonds. The lowest BCUT2D eigenvalue weighted by Gasteiger charge is -2.23. The quantitative estimate of drug-likeness (QED) is 0.639. The smallest absolute Gasteiger partial charge is 0.404 e. The summed E-state index contributed by atoms with van der Waals surface area (Å²) in [6.07, 6.45) is -1.21. The Morgan fingerprint density at radius 2 is 1.90 bits per heavy atom. The van der Waals surface area contributed by atoms with E-state index >= 15 is 0 Å². The molecule has 1 aromatic carbocycles. The Hall–Kier alpha value is -2.41. The van der Waals surface area contributed by atoms with Gasteiger partial charge in [-0.1, -0.05) is 30.4 Å². The van der Waals surface area contributed by atoms with Gasteiger partial charge in [0.05, 0.1) is 5.57 Å². The first kappa shape index (κ1) is 15.0. The zero-order valence-electron chi connectivity index (χ0n) is 11.0. The van der Waals surface area contributed by atoms with E-state index in [2.05, 4.69) is 10.6 Å². The van der Waals surface area contributed by atoms with Gasteiger partial charge in [0.25, 0.3) is 0 Å². The standard InChI is InChI=1S/C14H14N2O4S/c17-10-6-9(16-14(19)20)7-11(18)12(10)13(21)15-8-4-2-1-3-5-8/h1-5,9,16-17H,6-7H2,(H,15,21)(H,19,20). The lowest BCUT2D eigenvalue weighted by Crippen LogP contribution is -2.40. The van der Waals surface area contributed by atoms with Crippen LogP contribution >= 0.6 is 12.2 Å². The van der Waals surface area contributed by atoms with Crippen LogP contribution in [0, 0.1) is 0 Å². The summed E-state index contributed by atoms with van der Waals surface area (Å²) >= 11 is 5.15. The summed E-state index contributed by atoms with van der Waals surface area (Å²) < 4.78 is 0. The Balaban J connectivity index is 2.13. The molecule has 1 aliphatic carbocycles. The van der Waals surface area contributed by atoms with Crippen molar-refractivity contribution < 1.29 is 19.8 Å². The summed E-state index contributed by atoms with van der Waals surface area (Å²) in [4.78, 5) is 22.8. The summed E-state index contributed by atoms with van der Waals surface area (Å²) in [5, 5.41) is 23.7. The number of carbonyl (C=O) groups is 2. The van der Waals surface area contributed by atoms with E-state index in [4.69, 9.17) is 17.3 Å². The number of nitrogens with one attached hydrogen (secondary N) is 2. The predicted molar refractivity (Wildman–Crippen MR) is 81.5 cm³/mol. The fourth-order valence-corrected chi connectivity index (χ4v) is 2.49. The molecule has 4 N–H and O–H groups in total. The summed E-state index contributed by atoms with van der Waals surface area (Å²) in [7, 11) is 0. The number of benzene rings is 1. The Morgan fingerprint density at radius 3 is 2.48 bits per heavy atom. The van der Waals surface area contributed by atoms with E-state index in [0.717, 1.165) is 0 Å². The largest absolute Gasteiger partial charge is 0.511 e. The molecular weight excluding hydrogens is 292 g/mol. The van der Waals surface area contributed by atoms with Crippen molar-refractivity contribution in [3.8, 4) is 0 Å². The van der Waals surface area contributed by atoms with E-state index < -0.39 is 12.1 Å². The molecule has 7 heteroatoms. The third kappa shape index (κ3) is 3.79. The number of carbonyl (C=O) groups excluding carboxylic acids is 1. The molecular formula is C14H14N2O4S. The summed E-state index contributed by atoms with van der Waals surface area (Å²) in [6, 6.07) is 8.42. The molecule has 1 aliphatic rings. The molecule has 6 nitrogen and oxygen atoms in total. The van der Waals surface area contributed by atoms with Crippen LogP contribution in [0.25, 0.3) is 0 Å². The van der Waals surface area contributed by atoms with Gasteiger partial charge in [-0.3, -0.25) is 4.79 Å². The van der Waals surface area contributed by atoms with Gasteiger partial charge in [0.2, 0.25) is 0 Å². The number of ketones is 1. The minimum absolute atomic E-state index is 0.0255. The van der Waals surface area contributed by atoms with Crippen LogP contribution in [0.2, 0.25) is 0 Å². The summed E-state index contributed by atoms with van der Waals surface area (Å²) in [6.45, 7) is 0. The number of carboxylic acid groups (broad SMARTS) is 1. The highest BCUT2D eigenvalue weighted by Crippen LogP contribution is 2.23. The zero-order chi connectivity index (χ0) is 15.4. The number of amides is 1. The van der Waals surface area contributed by atoms with Crippen LogP contribution in [0.1, 0.15) is 12.8 Å². The highest BCUT2D eigenvalue weighted by atomic mass is 32.1. The Morgan fingerprint density at radius 1 is 1.24 bits per heavy atom. The summed E-state index contributed by atoms with van der Waals surface area (Å²) in [5.74, 6) is -0.579. The monoisotopic (exact) mass is 306 g/mol. The Kier molecular flexibility index (Phi) is 4.54. The van der Waals surface area contributed by atoms with Gasteiger partial charge < -0.3 is 20.8 Å². The number of aliphatic hydroxyl groups is 1. The first-order chi connectivity index (χ1) is 9.97. The fraction of sp³-hybridized carbons (Fsp3) is 0.214. The van der Waals surface area contributed by atoms with E-state index in [1.54, 1.807) is 12.1 Å². The third-order valence-electron chi connectivity index (χ3n) is 3.03. The number of thiocarbonyl (C=S) groups is 1. The number of Topliss-reactive ketones (excluding diaryl/α,β-unsaturated/α-hetero) is 1. The van der Waals surface area contributed by atoms with Crippen molar-refractivity contribution in [2.75, 3.05) is 5.32 Å². The molecule has 110 valence electrons. The van der Waals surface area contributed by atoms with Gasteiger partial charge in [-0.25, -0.2) is 4.79 Å². The van der Waals surface area contributed by atoms with Crippen LogP contribution in [-0.4, -0.2) is 33.1 Å². The molecule has 2 rings (SSSR count). The maximum absolute atomic E-state index is 12.0. The lowest BCUT2D eigenvalue weighted by molar-refractivity contribution is -0.116. The molecule has 0 saturated carbocycles. The number of para-hydroxylation sites is 1. The second-order valence-corrected chi connectivity index (χ2v) is 5.03. The van der Waals surface area contributed by atoms with E-state index in [9.17, 15) is 14.7 Å². The van der Waals surface area contributed by atoms with Crippen molar-refractivity contribution in [2.45, 2.75) is 18.9 Å². The number of hydrogen-bond acceptors (Lipinski definition) is 4. The van der Waals surface area contributed by atoms with Crippen LogP contribution in [0.3, 0.4) is 0 Å². The highest BCUT2D eigenvalue weighted by molar-refractivity contribution is 7.81. The van der Waals surface area contributed by atoms with Crippen LogP contribution in [0.4, 0.5) is 10.5 Å². The Bertz CT molecular complexity index is 613. The van der Waals surface area contributed by atoms with E-state index in [1.165, 1.54) is 0 Å². The SMILES string of the molecule is O=C(O)NC1CC(=O)C(C(=S)Nc2ccccc2)=C(O)C1. The second kappa shape index (κ2) is 6.36. The second-order valence-electron chi connectivity index (χ2n) is 4.62. The lowest BCUT2D eigenvalue weighted by atomic mass is 9.92. The van der Waals surface area contributed by atoms with E-state index in [-0.39, 0.29) is 34.9 Å². The number of aliphatic hydroxyl groups excluding tert-OH is 1. The van der Waals surface area contributed by atoms with Crippen molar-refractivity contribution >= 4 is 34.8 Å². The average Bonchev–Trinajstić information content (AvgIpc) is 2.38. The zero-order valence-corrected chi connectivity index (χ0v) is 11.8. The molecule has 0 radical (unpaired) electrons. The molecule has 0 heterocycles. The normalized spacial score (nSPS) is 18.3. The molecule has 0 aromatic heterocycles. The maximum atomic E-state index is 12.0. The molecule has 1 aromatic rings. The molecule has 21 heavy (non-hydrogen) atoms. The minimum atomic E-state index is -1.23. The maximum Gasteiger partial charge on any atom is 0.404 e. The van der Waals surface area contributed by atoms with E-state index in [1.807, 2.05) is 18.2 Å². The first-order valence-electron chi connectivity index (χ1n) is 6.28. The molecule has 0 spiro atoms. The molecule has 1 atom stereocenters. The minimum Gasteiger partial charge on any atom is -0.511 e. The first-order valence-corrected chi connectivity index (χ1v) is 6.69. The van der Waals surface area contributed by atoms with Crippen LogP contribution in [-0.2, 0) is 4.79 Å². The van der Waals surface area contributed by atoms with Crippen LogP contribution in [0.15, 0.2) is 41.7 Å². The summed E-state index contributed by atoms with van der Waals surface area (Å²) in [5.41, 5.74) is 0.763. The van der Waals surface area contributed by atoms with Gasteiger partial charge in [-0.15, -0.1) is 0 Å². The highest BCUT2D eigenvalue weighted by Gasteiger charge is 2.30. The topological polar surface area (TPSA) is 98.7 Å². The van der Waals surface area contributed by atoms with Crippen molar-refractivity contribution in [1.82, 2.24) is 5.32 Å². The molecule has 0 bridgehead atoms. The van der Waals surface area contributed by atoms with Crippen molar-refractivity contribution in [3.63, 3.8) is 0 Å². The van der Waals surface area contributed by atoms with Crippen LogP contribution < -0.4 is 10.6 Å². The van der Waals surface area contributed by atoms with Gasteiger partial charge in [-0.05, 0) is 12.1 Å². The average molecular weight is 306 g/mol. The number of rotatable bonds is 3. The van der Waals surface area contributed by atoms with Crippen LogP contribution in [0.5, 0.6) is 0 Å². The van der Waals surface area contributed by atoms with Crippen molar-refractivity contribution in [1.29, 1.82) is 0 Å². The third-order valence-corrected chi connectivity index (χ3v) is 3.33. The van der Waals surface area contributed by atoms with Gasteiger partial charge in [0.15, 0.2) is 5.78 Å². The molecule has 0 fully saturated rings. The van der Waals surface area contributed by atoms with Crippen molar-refractivity contribution in [3.05, 3.63) is 41.7 Å². The molecule has 0 aliphatic heterocycles. The number of anilines is 1. The van der Waals surface area contributed by atoms with Gasteiger partial charge in [0, 0.05) is 24.6 Å². The van der Waals surface area contributed by atoms with Crippen molar-refractivity contribution in [2.24, 2.45) is 0 Å². The van der Waals surface area contributed by atoms with Gasteiger partial charge in [0.1, 0.15) is 10.7 Å². The molecule has 0 saturated heterocycles. The van der Waals surface area contributed by atoms with E-state index in [0.29, 0.717) is 5.69 Å². The van der Waals surface area contributed by atoms with Gasteiger partial charge in [-0.2, -0.15) is 0 Å². The van der Waals surface area contributed by atoms with Gasteiger partial charge >= 0.3 is 6.09 Å². The molecule has 1 unspecified atom stereocenters. The fourth-order valence-electron chi connectivity index (χ4n) is 2.14. The Labute approximate surface area is 126 Å². The number of hydrogen-bond donors (Lipinski definition) is 4. The predicted octanol–water partition coefficient (Wildman–Crippen LogP) is 2.24.